The van der Waals surface area contributed by atoms with Crippen molar-refractivity contribution in [2.75, 3.05) is 13.1 Å². The van der Waals surface area contributed by atoms with Crippen molar-refractivity contribution in [3.63, 3.8) is 0 Å². The third-order valence-corrected chi connectivity index (χ3v) is 3.39. The van der Waals surface area contributed by atoms with Gasteiger partial charge >= 0.3 is 0 Å². The largest absolute Gasteiger partial charge is 0.362 e. The van der Waals surface area contributed by atoms with E-state index in [0.29, 0.717) is 12.0 Å². The summed E-state index contributed by atoms with van der Waals surface area (Å²) in [4.78, 5) is 17.2. The first-order chi connectivity index (χ1) is 7.56. The zero-order chi connectivity index (χ0) is 11.7. The van der Waals surface area contributed by atoms with Crippen molar-refractivity contribution < 1.29 is 0 Å². The maximum absolute atomic E-state index is 11.4. The number of likely N-dealkylation sites (tertiary alicyclic amines) is 1. The predicted octanol–water partition coefficient (Wildman–Crippen LogP) is 1.88. The van der Waals surface area contributed by atoms with Crippen LogP contribution in [-0.4, -0.2) is 29.0 Å². The Morgan fingerprint density at radius 3 is 2.75 bits per heavy atom. The molecule has 0 bridgehead atoms. The van der Waals surface area contributed by atoms with E-state index < -0.39 is 0 Å². The number of hydrogen-bond acceptors (Lipinski definition) is 2. The molecule has 2 heterocycles. The van der Waals surface area contributed by atoms with E-state index in [-0.39, 0.29) is 5.43 Å². The van der Waals surface area contributed by atoms with Crippen LogP contribution in [0.5, 0.6) is 0 Å². The molecule has 0 aliphatic carbocycles. The predicted molar refractivity (Wildman–Crippen MR) is 65.9 cm³/mol. The van der Waals surface area contributed by atoms with Crippen molar-refractivity contribution in [3.05, 3.63) is 33.7 Å². The van der Waals surface area contributed by atoms with Crippen LogP contribution in [0.25, 0.3) is 0 Å². The number of nitrogens with one attached hydrogen (secondary N) is 1. The Balaban J connectivity index is 2.17. The first-order valence-corrected chi connectivity index (χ1v) is 6.01. The Morgan fingerprint density at radius 2 is 2.19 bits per heavy atom. The second-order valence-electron chi connectivity index (χ2n) is 5.03. The Labute approximate surface area is 96.5 Å². The third kappa shape index (κ3) is 2.35. The van der Waals surface area contributed by atoms with Crippen LogP contribution in [0.15, 0.2) is 16.9 Å². The molecule has 0 amide bonds. The Kier molecular flexibility index (Phi) is 3.15. The van der Waals surface area contributed by atoms with E-state index >= 15 is 0 Å². The zero-order valence-corrected chi connectivity index (χ0v) is 10.3. The van der Waals surface area contributed by atoms with Crippen molar-refractivity contribution in [1.82, 2.24) is 9.88 Å². The van der Waals surface area contributed by atoms with Crippen LogP contribution >= 0.6 is 0 Å². The van der Waals surface area contributed by atoms with E-state index in [1.165, 1.54) is 0 Å². The molecule has 2 rings (SSSR count). The highest BCUT2D eigenvalue weighted by atomic mass is 16.1. The van der Waals surface area contributed by atoms with Crippen LogP contribution in [0.2, 0.25) is 0 Å². The van der Waals surface area contributed by atoms with Crippen LogP contribution < -0.4 is 5.43 Å². The van der Waals surface area contributed by atoms with Gasteiger partial charge in [0.05, 0.1) is 0 Å². The van der Waals surface area contributed by atoms with E-state index in [1.54, 1.807) is 12.1 Å². The summed E-state index contributed by atoms with van der Waals surface area (Å²) in [6.45, 7) is 8.60. The van der Waals surface area contributed by atoms with E-state index in [0.717, 1.165) is 30.9 Å². The summed E-state index contributed by atoms with van der Waals surface area (Å²) in [5.74, 6) is 0.495. The first kappa shape index (κ1) is 11.4. The maximum Gasteiger partial charge on any atom is 0.182 e. The summed E-state index contributed by atoms with van der Waals surface area (Å²) in [7, 11) is 0. The number of aryl methyl sites for hydroxylation is 1. The van der Waals surface area contributed by atoms with Gasteiger partial charge in [-0.05, 0) is 33.7 Å². The molecule has 16 heavy (non-hydrogen) atoms. The molecule has 0 aromatic carbocycles. The number of pyridine rings is 1. The van der Waals surface area contributed by atoms with Gasteiger partial charge in [-0.2, -0.15) is 0 Å². The molecule has 1 fully saturated rings. The number of hydrogen-bond donors (Lipinski definition) is 1. The first-order valence-electron chi connectivity index (χ1n) is 6.01. The van der Waals surface area contributed by atoms with Crippen molar-refractivity contribution in [1.29, 1.82) is 0 Å². The summed E-state index contributed by atoms with van der Waals surface area (Å²) in [6, 6.07) is 4.00. The average molecular weight is 220 g/mol. The van der Waals surface area contributed by atoms with Crippen LogP contribution in [0.3, 0.4) is 0 Å². The van der Waals surface area contributed by atoms with Crippen molar-refractivity contribution >= 4 is 0 Å². The highest BCUT2D eigenvalue weighted by Crippen LogP contribution is 2.26. The lowest BCUT2D eigenvalue weighted by atomic mass is 10.0. The van der Waals surface area contributed by atoms with Crippen LogP contribution in [0, 0.1) is 6.92 Å². The van der Waals surface area contributed by atoms with Crippen LogP contribution in [-0.2, 0) is 0 Å². The quantitative estimate of drug-likeness (QED) is 0.826. The Morgan fingerprint density at radius 1 is 1.44 bits per heavy atom. The molecule has 1 aliphatic heterocycles. The number of rotatable bonds is 2. The fourth-order valence-corrected chi connectivity index (χ4v) is 2.44. The third-order valence-electron chi connectivity index (χ3n) is 3.39. The van der Waals surface area contributed by atoms with Gasteiger partial charge in [-0.1, -0.05) is 0 Å². The second kappa shape index (κ2) is 4.42. The molecule has 3 nitrogen and oxygen atoms in total. The van der Waals surface area contributed by atoms with Gasteiger partial charge in [0.25, 0.3) is 0 Å². The molecule has 1 aromatic rings. The molecule has 0 saturated carbocycles. The summed E-state index contributed by atoms with van der Waals surface area (Å²) in [5, 5.41) is 0. The number of aromatic nitrogens is 1. The number of H-pyrrole nitrogens is 1. The fourth-order valence-electron chi connectivity index (χ4n) is 2.44. The normalized spacial score (nSPS) is 21.9. The van der Waals surface area contributed by atoms with Gasteiger partial charge < -0.3 is 9.88 Å². The van der Waals surface area contributed by atoms with Gasteiger partial charge in [0, 0.05) is 42.0 Å². The van der Waals surface area contributed by atoms with Crippen molar-refractivity contribution in [2.45, 2.75) is 39.2 Å². The van der Waals surface area contributed by atoms with Gasteiger partial charge in [-0.25, -0.2) is 0 Å². The van der Waals surface area contributed by atoms with Crippen molar-refractivity contribution in [2.24, 2.45) is 0 Å². The monoisotopic (exact) mass is 220 g/mol. The van der Waals surface area contributed by atoms with E-state index in [9.17, 15) is 4.79 Å². The molecule has 1 atom stereocenters. The van der Waals surface area contributed by atoms with Crippen molar-refractivity contribution in [3.8, 4) is 0 Å². The van der Waals surface area contributed by atoms with Gasteiger partial charge in [0.15, 0.2) is 5.43 Å². The molecule has 0 radical (unpaired) electrons. The summed E-state index contributed by atoms with van der Waals surface area (Å²) in [5.41, 5.74) is 2.19. The summed E-state index contributed by atoms with van der Waals surface area (Å²) in [6.07, 6.45) is 1.15. The smallest absolute Gasteiger partial charge is 0.182 e. The lowest BCUT2D eigenvalue weighted by molar-refractivity contribution is 0.272. The Bertz CT molecular complexity index is 422. The molecule has 1 N–H and O–H groups in total. The van der Waals surface area contributed by atoms with Crippen LogP contribution in [0.4, 0.5) is 0 Å². The molecule has 1 aromatic heterocycles. The minimum Gasteiger partial charge on any atom is -0.362 e. The molecule has 1 aliphatic rings. The minimum atomic E-state index is 0.120. The standard InChI is InChI=1S/C13H20N2O/c1-9(2)15-5-4-11(8-15)13-7-12(16)6-10(3)14-13/h6-7,9,11H,4-5,8H2,1-3H3,(H,14,16)/t11-/m0/s1. The van der Waals surface area contributed by atoms with Gasteiger partial charge in [0.1, 0.15) is 0 Å². The fraction of sp³-hybridized carbons (Fsp3) is 0.615. The summed E-state index contributed by atoms with van der Waals surface area (Å²) < 4.78 is 0. The highest BCUT2D eigenvalue weighted by molar-refractivity contribution is 5.16. The second-order valence-corrected chi connectivity index (χ2v) is 5.03. The average Bonchev–Trinajstić information content (AvgIpc) is 2.64. The lowest BCUT2D eigenvalue weighted by Crippen LogP contribution is -2.28. The molecule has 1 saturated heterocycles. The SMILES string of the molecule is Cc1cc(=O)cc([C@H]2CCN(C(C)C)C2)[nH]1. The zero-order valence-electron chi connectivity index (χ0n) is 10.3. The topological polar surface area (TPSA) is 36.1 Å². The Hall–Kier alpha value is -1.09. The van der Waals surface area contributed by atoms with Gasteiger partial charge in [0.2, 0.25) is 0 Å². The van der Waals surface area contributed by atoms with Gasteiger partial charge in [-0.15, -0.1) is 0 Å². The molecule has 0 spiro atoms. The lowest BCUT2D eigenvalue weighted by Gasteiger charge is -2.20. The molecule has 0 unspecified atom stereocenters. The van der Waals surface area contributed by atoms with E-state index in [2.05, 4.69) is 23.7 Å². The highest BCUT2D eigenvalue weighted by Gasteiger charge is 2.25. The van der Waals surface area contributed by atoms with E-state index in [1.807, 2.05) is 6.92 Å². The number of nitrogens with zero attached hydrogens (tertiary/aromatic N) is 1. The number of aromatic amines is 1. The van der Waals surface area contributed by atoms with E-state index in [4.69, 9.17) is 0 Å². The minimum absolute atomic E-state index is 0.120. The van der Waals surface area contributed by atoms with Gasteiger partial charge in [-0.3, -0.25) is 4.79 Å². The molecule has 88 valence electrons. The maximum atomic E-state index is 11.4. The molecule has 3 heteroatoms. The molecular weight excluding hydrogens is 200 g/mol. The van der Waals surface area contributed by atoms with Crippen LogP contribution in [0.1, 0.15) is 37.6 Å². The molecular formula is C13H20N2O. The summed E-state index contributed by atoms with van der Waals surface area (Å²) >= 11 is 0.